The van der Waals surface area contributed by atoms with Crippen LogP contribution in [0.1, 0.15) is 49.7 Å². The van der Waals surface area contributed by atoms with Crippen LogP contribution in [-0.4, -0.2) is 24.8 Å². The number of benzene rings is 2. The Morgan fingerprint density at radius 1 is 1.00 bits per heavy atom. The molecule has 0 amide bonds. The Bertz CT molecular complexity index is 682. The maximum Gasteiger partial charge on any atom is 0.0679 e. The van der Waals surface area contributed by atoms with Crippen LogP contribution in [-0.2, 0) is 12.8 Å². The summed E-state index contributed by atoms with van der Waals surface area (Å²) in [6.45, 7) is 0. The maximum absolute atomic E-state index is 11.5. The fourth-order valence-corrected chi connectivity index (χ4v) is 4.54. The van der Waals surface area contributed by atoms with Gasteiger partial charge in [0.2, 0.25) is 0 Å². The fourth-order valence-electron chi connectivity index (χ4n) is 4.54. The van der Waals surface area contributed by atoms with Gasteiger partial charge in [0.25, 0.3) is 0 Å². The molecule has 2 aromatic rings. The van der Waals surface area contributed by atoms with Crippen molar-refractivity contribution in [2.45, 2.75) is 57.0 Å². The second-order valence-electron chi connectivity index (χ2n) is 8.11. The Balaban J connectivity index is 1.67. The molecule has 1 fully saturated rings. The van der Waals surface area contributed by atoms with Crippen molar-refractivity contribution in [3.63, 3.8) is 0 Å². The van der Waals surface area contributed by atoms with Crippen molar-refractivity contribution >= 4 is 5.69 Å². The summed E-state index contributed by atoms with van der Waals surface area (Å²) < 4.78 is 0. The number of para-hydroxylation sites is 1. The minimum Gasteiger partial charge on any atom is -0.390 e. The molecule has 2 nitrogen and oxygen atoms in total. The molecule has 0 aromatic heterocycles. The largest absolute Gasteiger partial charge is 0.390 e. The number of aryl methyl sites for hydroxylation is 1. The van der Waals surface area contributed by atoms with Crippen LogP contribution in [0.3, 0.4) is 0 Å². The van der Waals surface area contributed by atoms with Crippen LogP contribution in [0.5, 0.6) is 0 Å². The summed E-state index contributed by atoms with van der Waals surface area (Å²) in [6, 6.07) is 19.3. The first-order chi connectivity index (χ1) is 12.6. The number of anilines is 1. The number of hydrogen-bond donors (Lipinski definition) is 1. The van der Waals surface area contributed by atoms with E-state index < -0.39 is 5.60 Å². The molecule has 2 atom stereocenters. The molecule has 140 valence electrons. The standard InChI is InChI=1S/C24H33NO/c1-25(2)23-16-7-6-14-21(23)19-22-15-8-9-17-24(22,26)18-10-13-20-11-4-3-5-12-20/h3-7,11-12,14,16,22,26H,8-10,13,15,17-19H2,1-2H3. The minimum absolute atomic E-state index is 0.369. The van der Waals surface area contributed by atoms with Crippen LogP contribution in [0, 0.1) is 5.92 Å². The van der Waals surface area contributed by atoms with E-state index in [1.165, 1.54) is 23.2 Å². The van der Waals surface area contributed by atoms with Crippen molar-refractivity contribution in [3.8, 4) is 0 Å². The number of nitrogens with zero attached hydrogens (tertiary/aromatic N) is 1. The van der Waals surface area contributed by atoms with Crippen molar-refractivity contribution in [2.24, 2.45) is 5.92 Å². The van der Waals surface area contributed by atoms with Gasteiger partial charge >= 0.3 is 0 Å². The molecule has 0 saturated heterocycles. The van der Waals surface area contributed by atoms with Gasteiger partial charge in [-0.25, -0.2) is 0 Å². The van der Waals surface area contributed by atoms with Crippen molar-refractivity contribution in [1.29, 1.82) is 0 Å². The summed E-state index contributed by atoms with van der Waals surface area (Å²) in [5.41, 5.74) is 3.52. The zero-order valence-corrected chi connectivity index (χ0v) is 16.3. The van der Waals surface area contributed by atoms with Crippen LogP contribution >= 0.6 is 0 Å². The highest BCUT2D eigenvalue weighted by atomic mass is 16.3. The Labute approximate surface area is 158 Å². The van der Waals surface area contributed by atoms with E-state index in [1.54, 1.807) is 0 Å². The predicted molar refractivity (Wildman–Crippen MR) is 111 cm³/mol. The molecule has 0 bridgehead atoms. The molecule has 1 aliphatic carbocycles. The van der Waals surface area contributed by atoms with Crippen molar-refractivity contribution < 1.29 is 5.11 Å². The first kappa shape index (κ1) is 19.0. The van der Waals surface area contributed by atoms with E-state index in [-0.39, 0.29) is 0 Å². The molecule has 3 rings (SSSR count). The van der Waals surface area contributed by atoms with E-state index in [9.17, 15) is 5.11 Å². The van der Waals surface area contributed by atoms with Crippen LogP contribution in [0.25, 0.3) is 0 Å². The van der Waals surface area contributed by atoms with Gasteiger partial charge in [0.15, 0.2) is 0 Å². The van der Waals surface area contributed by atoms with Crippen LogP contribution in [0.2, 0.25) is 0 Å². The molecular formula is C24H33NO. The van der Waals surface area contributed by atoms with Gasteiger partial charge < -0.3 is 10.0 Å². The molecule has 0 aliphatic heterocycles. The predicted octanol–water partition coefficient (Wildman–Crippen LogP) is 5.24. The summed E-state index contributed by atoms with van der Waals surface area (Å²) in [6.07, 6.45) is 8.52. The van der Waals surface area contributed by atoms with E-state index in [2.05, 4.69) is 73.6 Å². The molecule has 2 heteroatoms. The lowest BCUT2D eigenvalue weighted by molar-refractivity contribution is -0.0559. The number of aliphatic hydroxyl groups is 1. The van der Waals surface area contributed by atoms with E-state index in [0.717, 1.165) is 44.9 Å². The monoisotopic (exact) mass is 351 g/mol. The summed E-state index contributed by atoms with van der Waals surface area (Å²) in [7, 11) is 4.21. The second kappa shape index (κ2) is 8.73. The highest BCUT2D eigenvalue weighted by Crippen LogP contribution is 2.40. The SMILES string of the molecule is CN(C)c1ccccc1CC1CCCCC1(O)CCCc1ccccc1. The van der Waals surface area contributed by atoms with Crippen LogP contribution < -0.4 is 4.90 Å². The fraction of sp³-hybridized carbons (Fsp3) is 0.500. The van der Waals surface area contributed by atoms with E-state index >= 15 is 0 Å². The third-order valence-electron chi connectivity index (χ3n) is 6.03. The highest BCUT2D eigenvalue weighted by molar-refractivity contribution is 5.52. The maximum atomic E-state index is 11.5. The zero-order chi connectivity index (χ0) is 18.4. The first-order valence-corrected chi connectivity index (χ1v) is 10.1. The third kappa shape index (κ3) is 4.67. The number of hydrogen-bond acceptors (Lipinski definition) is 2. The quantitative estimate of drug-likeness (QED) is 0.737. The van der Waals surface area contributed by atoms with Crippen LogP contribution in [0.4, 0.5) is 5.69 Å². The van der Waals surface area contributed by atoms with Gasteiger partial charge in [0, 0.05) is 19.8 Å². The lowest BCUT2D eigenvalue weighted by atomic mass is 9.70. The molecule has 26 heavy (non-hydrogen) atoms. The zero-order valence-electron chi connectivity index (χ0n) is 16.3. The lowest BCUT2D eigenvalue weighted by Gasteiger charge is -2.41. The average molecular weight is 352 g/mol. The molecule has 1 N–H and O–H groups in total. The molecule has 2 aromatic carbocycles. The Morgan fingerprint density at radius 2 is 1.73 bits per heavy atom. The lowest BCUT2D eigenvalue weighted by Crippen LogP contribution is -2.42. The molecular weight excluding hydrogens is 318 g/mol. The minimum atomic E-state index is -0.507. The van der Waals surface area contributed by atoms with Crippen molar-refractivity contribution in [1.82, 2.24) is 0 Å². The summed E-state index contributed by atoms with van der Waals surface area (Å²) >= 11 is 0. The van der Waals surface area contributed by atoms with Crippen molar-refractivity contribution in [3.05, 3.63) is 65.7 Å². The first-order valence-electron chi connectivity index (χ1n) is 10.1. The highest BCUT2D eigenvalue weighted by Gasteiger charge is 2.38. The van der Waals surface area contributed by atoms with Crippen LogP contribution in [0.15, 0.2) is 54.6 Å². The molecule has 0 spiro atoms. The topological polar surface area (TPSA) is 23.5 Å². The molecule has 1 aliphatic rings. The Kier molecular flexibility index (Phi) is 6.37. The van der Waals surface area contributed by atoms with E-state index in [1.807, 2.05) is 0 Å². The van der Waals surface area contributed by atoms with Gasteiger partial charge in [-0.3, -0.25) is 0 Å². The summed E-state index contributed by atoms with van der Waals surface area (Å²) in [4.78, 5) is 2.19. The molecule has 0 radical (unpaired) electrons. The van der Waals surface area contributed by atoms with Gasteiger partial charge in [-0.15, -0.1) is 0 Å². The van der Waals surface area contributed by atoms with Gasteiger partial charge in [0.05, 0.1) is 5.60 Å². The Hall–Kier alpha value is -1.80. The Morgan fingerprint density at radius 3 is 2.50 bits per heavy atom. The number of rotatable bonds is 7. The second-order valence-corrected chi connectivity index (χ2v) is 8.11. The summed E-state index contributed by atoms with van der Waals surface area (Å²) in [5.74, 6) is 0.369. The smallest absolute Gasteiger partial charge is 0.0679 e. The normalized spacial score (nSPS) is 23.0. The molecule has 0 heterocycles. The summed E-state index contributed by atoms with van der Waals surface area (Å²) in [5, 5.41) is 11.5. The van der Waals surface area contributed by atoms with E-state index in [0.29, 0.717) is 5.92 Å². The average Bonchev–Trinajstić information content (AvgIpc) is 2.65. The molecule has 2 unspecified atom stereocenters. The third-order valence-corrected chi connectivity index (χ3v) is 6.03. The van der Waals surface area contributed by atoms with Gasteiger partial charge in [-0.1, -0.05) is 61.4 Å². The van der Waals surface area contributed by atoms with Gasteiger partial charge in [0.1, 0.15) is 0 Å². The van der Waals surface area contributed by atoms with Gasteiger partial charge in [-0.05, 0) is 61.6 Å². The van der Waals surface area contributed by atoms with Gasteiger partial charge in [-0.2, -0.15) is 0 Å². The van der Waals surface area contributed by atoms with E-state index in [4.69, 9.17) is 0 Å². The van der Waals surface area contributed by atoms with Crippen molar-refractivity contribution in [2.75, 3.05) is 19.0 Å². The molecule has 1 saturated carbocycles.